The van der Waals surface area contributed by atoms with Crippen LogP contribution in [0.1, 0.15) is 33.1 Å². The van der Waals surface area contributed by atoms with Gasteiger partial charge in [-0.15, -0.1) is 0 Å². The van der Waals surface area contributed by atoms with Gasteiger partial charge >= 0.3 is 0 Å². The number of likely N-dealkylation sites (N-methyl/N-ethyl adjacent to an activating group) is 2. The number of carbonyl (C=O) groups is 2. The van der Waals surface area contributed by atoms with Crippen LogP contribution in [0, 0.1) is 5.92 Å². The molecule has 0 aromatic carbocycles. The predicted octanol–water partition coefficient (Wildman–Crippen LogP) is 0.361. The monoisotopic (exact) mass is 255 g/mol. The highest BCUT2D eigenvalue weighted by Crippen LogP contribution is 2.15. The van der Waals surface area contributed by atoms with E-state index in [1.165, 1.54) is 0 Å². The third-order valence-electron chi connectivity index (χ3n) is 3.37. The molecular weight excluding hydrogens is 230 g/mol. The van der Waals surface area contributed by atoms with Gasteiger partial charge in [-0.2, -0.15) is 0 Å². The van der Waals surface area contributed by atoms with E-state index in [9.17, 15) is 9.59 Å². The van der Waals surface area contributed by atoms with Gasteiger partial charge in [0.1, 0.15) is 0 Å². The van der Waals surface area contributed by atoms with E-state index in [0.717, 1.165) is 25.9 Å². The smallest absolute Gasteiger partial charge is 0.239 e. The molecule has 2 N–H and O–H groups in total. The van der Waals surface area contributed by atoms with E-state index in [1.54, 1.807) is 4.90 Å². The SMILES string of the molecule is CCNC(=O)CN(CC)C(=O)CCC1CCNC1. The number of amides is 2. The second-order valence-electron chi connectivity index (χ2n) is 4.76. The van der Waals surface area contributed by atoms with Crippen molar-refractivity contribution in [1.82, 2.24) is 15.5 Å². The molecule has 0 radical (unpaired) electrons. The Bertz CT molecular complexity index is 275. The lowest BCUT2D eigenvalue weighted by atomic mass is 10.0. The topological polar surface area (TPSA) is 61.4 Å². The second-order valence-corrected chi connectivity index (χ2v) is 4.76. The molecule has 104 valence electrons. The van der Waals surface area contributed by atoms with Crippen molar-refractivity contribution in [2.45, 2.75) is 33.1 Å². The molecule has 1 saturated heterocycles. The summed E-state index contributed by atoms with van der Waals surface area (Å²) in [7, 11) is 0. The van der Waals surface area contributed by atoms with Crippen LogP contribution < -0.4 is 10.6 Å². The van der Waals surface area contributed by atoms with Crippen molar-refractivity contribution in [2.24, 2.45) is 5.92 Å². The summed E-state index contributed by atoms with van der Waals surface area (Å²) in [4.78, 5) is 25.1. The zero-order valence-electron chi connectivity index (χ0n) is 11.5. The fourth-order valence-corrected chi connectivity index (χ4v) is 2.25. The summed E-state index contributed by atoms with van der Waals surface area (Å²) < 4.78 is 0. The molecule has 0 saturated carbocycles. The Labute approximate surface area is 109 Å². The lowest BCUT2D eigenvalue weighted by molar-refractivity contribution is -0.136. The number of nitrogens with one attached hydrogen (secondary N) is 2. The van der Waals surface area contributed by atoms with Crippen LogP contribution in [0.5, 0.6) is 0 Å². The minimum Gasteiger partial charge on any atom is -0.355 e. The maximum Gasteiger partial charge on any atom is 0.239 e. The number of carbonyl (C=O) groups excluding carboxylic acids is 2. The summed E-state index contributed by atoms with van der Waals surface area (Å²) in [6.45, 7) is 7.27. The first kappa shape index (κ1) is 15.0. The van der Waals surface area contributed by atoms with Gasteiger partial charge in [0.2, 0.25) is 11.8 Å². The van der Waals surface area contributed by atoms with Crippen LogP contribution in [0.15, 0.2) is 0 Å². The molecule has 1 rings (SSSR count). The summed E-state index contributed by atoms with van der Waals surface area (Å²) in [6, 6.07) is 0. The molecule has 0 bridgehead atoms. The maximum absolute atomic E-state index is 12.0. The fourth-order valence-electron chi connectivity index (χ4n) is 2.25. The van der Waals surface area contributed by atoms with Crippen LogP contribution in [0.25, 0.3) is 0 Å². The second kappa shape index (κ2) is 8.08. The average molecular weight is 255 g/mol. The molecular formula is C13H25N3O2. The van der Waals surface area contributed by atoms with Crippen molar-refractivity contribution in [2.75, 3.05) is 32.7 Å². The zero-order chi connectivity index (χ0) is 13.4. The third kappa shape index (κ3) is 5.04. The van der Waals surface area contributed by atoms with E-state index in [1.807, 2.05) is 13.8 Å². The lowest BCUT2D eigenvalue weighted by Crippen LogP contribution is -2.40. The molecule has 1 unspecified atom stereocenters. The minimum atomic E-state index is -0.0739. The van der Waals surface area contributed by atoms with Crippen molar-refractivity contribution >= 4 is 11.8 Å². The first-order chi connectivity index (χ1) is 8.67. The van der Waals surface area contributed by atoms with Crippen LogP contribution >= 0.6 is 0 Å². The van der Waals surface area contributed by atoms with E-state index < -0.39 is 0 Å². The molecule has 0 aromatic rings. The van der Waals surface area contributed by atoms with Crippen LogP contribution in [0.2, 0.25) is 0 Å². The van der Waals surface area contributed by atoms with Crippen LogP contribution in [-0.2, 0) is 9.59 Å². The molecule has 1 aliphatic rings. The highest BCUT2D eigenvalue weighted by atomic mass is 16.2. The van der Waals surface area contributed by atoms with Crippen LogP contribution in [-0.4, -0.2) is 49.4 Å². The van der Waals surface area contributed by atoms with Gasteiger partial charge in [-0.1, -0.05) is 0 Å². The quantitative estimate of drug-likeness (QED) is 0.690. The summed E-state index contributed by atoms with van der Waals surface area (Å²) in [5, 5.41) is 6.02. The molecule has 0 spiro atoms. The molecule has 0 aliphatic carbocycles. The van der Waals surface area contributed by atoms with Gasteiger partial charge < -0.3 is 15.5 Å². The molecule has 5 nitrogen and oxygen atoms in total. The van der Waals surface area contributed by atoms with Gasteiger partial charge in [0.25, 0.3) is 0 Å². The van der Waals surface area contributed by atoms with E-state index in [-0.39, 0.29) is 18.4 Å². The number of hydrogen-bond donors (Lipinski definition) is 2. The zero-order valence-corrected chi connectivity index (χ0v) is 11.5. The van der Waals surface area contributed by atoms with Gasteiger partial charge in [0.15, 0.2) is 0 Å². The van der Waals surface area contributed by atoms with Crippen molar-refractivity contribution in [3.05, 3.63) is 0 Å². The van der Waals surface area contributed by atoms with Crippen molar-refractivity contribution in [1.29, 1.82) is 0 Å². The first-order valence-electron chi connectivity index (χ1n) is 6.92. The van der Waals surface area contributed by atoms with Crippen LogP contribution in [0.3, 0.4) is 0 Å². The summed E-state index contributed by atoms with van der Waals surface area (Å²) in [6.07, 6.45) is 2.65. The Morgan fingerprint density at radius 2 is 2.17 bits per heavy atom. The largest absolute Gasteiger partial charge is 0.355 e. The highest BCUT2D eigenvalue weighted by Gasteiger charge is 2.19. The van der Waals surface area contributed by atoms with E-state index in [0.29, 0.717) is 25.4 Å². The van der Waals surface area contributed by atoms with Gasteiger partial charge in [0.05, 0.1) is 6.54 Å². The Kier molecular flexibility index (Phi) is 6.72. The van der Waals surface area contributed by atoms with Crippen molar-refractivity contribution in [3.63, 3.8) is 0 Å². The summed E-state index contributed by atoms with van der Waals surface area (Å²) in [5.74, 6) is 0.642. The first-order valence-corrected chi connectivity index (χ1v) is 6.92. The summed E-state index contributed by atoms with van der Waals surface area (Å²) in [5.41, 5.74) is 0. The van der Waals surface area contributed by atoms with Gasteiger partial charge in [-0.3, -0.25) is 9.59 Å². The number of rotatable bonds is 7. The molecule has 18 heavy (non-hydrogen) atoms. The van der Waals surface area contributed by atoms with Gasteiger partial charge in [-0.25, -0.2) is 0 Å². The third-order valence-corrected chi connectivity index (χ3v) is 3.37. The Morgan fingerprint density at radius 1 is 1.39 bits per heavy atom. The maximum atomic E-state index is 12.0. The van der Waals surface area contributed by atoms with Crippen molar-refractivity contribution < 1.29 is 9.59 Å². The predicted molar refractivity (Wildman–Crippen MR) is 71.1 cm³/mol. The molecule has 5 heteroatoms. The molecule has 2 amide bonds. The Balaban J connectivity index is 2.29. The van der Waals surface area contributed by atoms with E-state index >= 15 is 0 Å². The van der Waals surface area contributed by atoms with E-state index in [4.69, 9.17) is 0 Å². The molecule has 1 aliphatic heterocycles. The van der Waals surface area contributed by atoms with Crippen molar-refractivity contribution in [3.8, 4) is 0 Å². The van der Waals surface area contributed by atoms with Crippen LogP contribution in [0.4, 0.5) is 0 Å². The molecule has 1 heterocycles. The number of hydrogen-bond acceptors (Lipinski definition) is 3. The Morgan fingerprint density at radius 3 is 2.72 bits per heavy atom. The average Bonchev–Trinajstić information content (AvgIpc) is 2.86. The fraction of sp³-hybridized carbons (Fsp3) is 0.846. The van der Waals surface area contributed by atoms with Gasteiger partial charge in [0, 0.05) is 19.5 Å². The number of nitrogens with zero attached hydrogens (tertiary/aromatic N) is 1. The highest BCUT2D eigenvalue weighted by molar-refractivity contribution is 5.84. The minimum absolute atomic E-state index is 0.0739. The molecule has 1 atom stereocenters. The molecule has 0 aromatic heterocycles. The summed E-state index contributed by atoms with van der Waals surface area (Å²) >= 11 is 0. The normalized spacial score (nSPS) is 18.7. The van der Waals surface area contributed by atoms with Gasteiger partial charge in [-0.05, 0) is 45.7 Å². The Hall–Kier alpha value is -1.10. The van der Waals surface area contributed by atoms with E-state index in [2.05, 4.69) is 10.6 Å². The lowest BCUT2D eigenvalue weighted by Gasteiger charge is -2.21. The standard InChI is InChI=1S/C13H25N3O2/c1-3-15-12(17)10-16(4-2)13(18)6-5-11-7-8-14-9-11/h11,14H,3-10H2,1-2H3,(H,15,17). The molecule has 1 fully saturated rings.